The van der Waals surface area contributed by atoms with E-state index in [0.29, 0.717) is 21.4 Å². The predicted octanol–water partition coefficient (Wildman–Crippen LogP) is 5.78. The SMILES string of the molecule is COc1cc(Cl)c(C(Br)CCC(F)(F)F)cc1Cl. The van der Waals surface area contributed by atoms with E-state index in [0.717, 1.165) is 0 Å². The summed E-state index contributed by atoms with van der Waals surface area (Å²) in [6, 6.07) is 3.00. The average molecular weight is 366 g/mol. The van der Waals surface area contributed by atoms with Crippen molar-refractivity contribution in [2.24, 2.45) is 0 Å². The number of ether oxygens (including phenoxy) is 1. The van der Waals surface area contributed by atoms with E-state index in [1.54, 1.807) is 0 Å². The highest BCUT2D eigenvalue weighted by Gasteiger charge is 2.28. The molecule has 0 N–H and O–H groups in total. The molecule has 1 aromatic carbocycles. The van der Waals surface area contributed by atoms with Crippen LogP contribution in [0.3, 0.4) is 0 Å². The molecule has 0 bridgehead atoms. The van der Waals surface area contributed by atoms with Crippen LogP contribution in [-0.4, -0.2) is 13.3 Å². The normalized spacial score (nSPS) is 13.5. The van der Waals surface area contributed by atoms with E-state index in [9.17, 15) is 13.2 Å². The van der Waals surface area contributed by atoms with Crippen molar-refractivity contribution in [3.63, 3.8) is 0 Å². The first kappa shape index (κ1) is 15.9. The quantitative estimate of drug-likeness (QED) is 0.614. The Morgan fingerprint density at radius 1 is 1.28 bits per heavy atom. The van der Waals surface area contributed by atoms with Gasteiger partial charge in [0.15, 0.2) is 0 Å². The highest BCUT2D eigenvalue weighted by molar-refractivity contribution is 9.09. The molecule has 1 aromatic rings. The van der Waals surface area contributed by atoms with Crippen LogP contribution < -0.4 is 4.74 Å². The zero-order valence-corrected chi connectivity index (χ0v) is 12.4. The molecule has 0 spiro atoms. The number of alkyl halides is 4. The van der Waals surface area contributed by atoms with Crippen molar-refractivity contribution in [1.82, 2.24) is 0 Å². The van der Waals surface area contributed by atoms with E-state index < -0.39 is 17.4 Å². The van der Waals surface area contributed by atoms with Gasteiger partial charge in [-0.3, -0.25) is 0 Å². The predicted molar refractivity (Wildman–Crippen MR) is 70.0 cm³/mol. The Bertz CT molecular complexity index is 423. The van der Waals surface area contributed by atoms with Crippen molar-refractivity contribution in [2.45, 2.75) is 23.8 Å². The molecule has 0 aliphatic carbocycles. The van der Waals surface area contributed by atoms with Gasteiger partial charge in [0.2, 0.25) is 0 Å². The fraction of sp³-hybridized carbons (Fsp3) is 0.455. The maximum atomic E-state index is 12.1. The Morgan fingerprint density at radius 3 is 2.39 bits per heavy atom. The van der Waals surface area contributed by atoms with Crippen molar-refractivity contribution >= 4 is 39.1 Å². The van der Waals surface area contributed by atoms with Gasteiger partial charge in [-0.2, -0.15) is 13.2 Å². The lowest BCUT2D eigenvalue weighted by Crippen LogP contribution is -2.08. The van der Waals surface area contributed by atoms with Gasteiger partial charge in [0.25, 0.3) is 0 Å². The molecule has 1 rings (SSSR count). The van der Waals surface area contributed by atoms with Gasteiger partial charge in [0.05, 0.1) is 12.1 Å². The minimum Gasteiger partial charge on any atom is -0.495 e. The Labute approximate surface area is 121 Å². The Morgan fingerprint density at radius 2 is 1.89 bits per heavy atom. The minimum atomic E-state index is -4.19. The molecule has 102 valence electrons. The van der Waals surface area contributed by atoms with Gasteiger partial charge < -0.3 is 4.74 Å². The smallest absolute Gasteiger partial charge is 0.389 e. The van der Waals surface area contributed by atoms with E-state index in [-0.39, 0.29) is 6.42 Å². The molecule has 0 radical (unpaired) electrons. The number of halogens is 6. The second kappa shape index (κ2) is 6.35. The minimum absolute atomic E-state index is 0.105. The maximum absolute atomic E-state index is 12.1. The Hall–Kier alpha value is -0.130. The monoisotopic (exact) mass is 364 g/mol. The molecule has 0 aliphatic heterocycles. The molecular formula is C11H10BrCl2F3O. The second-order valence-electron chi connectivity index (χ2n) is 3.63. The summed E-state index contributed by atoms with van der Waals surface area (Å²) in [4.78, 5) is -0.505. The number of methoxy groups -OCH3 is 1. The van der Waals surface area contributed by atoms with Crippen LogP contribution in [0.25, 0.3) is 0 Å². The van der Waals surface area contributed by atoms with Crippen LogP contribution in [0.15, 0.2) is 12.1 Å². The molecule has 1 nitrogen and oxygen atoms in total. The van der Waals surface area contributed by atoms with Gasteiger partial charge in [-0.1, -0.05) is 39.1 Å². The summed E-state index contributed by atoms with van der Waals surface area (Å²) >= 11 is 15.1. The van der Waals surface area contributed by atoms with Gasteiger partial charge in [0.1, 0.15) is 5.75 Å². The van der Waals surface area contributed by atoms with Gasteiger partial charge in [-0.15, -0.1) is 0 Å². The topological polar surface area (TPSA) is 9.23 Å². The molecule has 0 fully saturated rings. The molecular weight excluding hydrogens is 356 g/mol. The fourth-order valence-corrected chi connectivity index (χ4v) is 2.66. The van der Waals surface area contributed by atoms with Gasteiger partial charge in [-0.05, 0) is 18.1 Å². The fourth-order valence-electron chi connectivity index (χ4n) is 1.39. The first-order chi connectivity index (χ1) is 8.24. The third kappa shape index (κ3) is 4.52. The van der Waals surface area contributed by atoms with E-state index >= 15 is 0 Å². The Balaban J connectivity index is 2.86. The van der Waals surface area contributed by atoms with Crippen molar-refractivity contribution in [3.05, 3.63) is 27.7 Å². The van der Waals surface area contributed by atoms with Crippen LogP contribution in [0.1, 0.15) is 23.2 Å². The lowest BCUT2D eigenvalue weighted by Gasteiger charge is -2.15. The highest BCUT2D eigenvalue weighted by atomic mass is 79.9. The van der Waals surface area contributed by atoms with Crippen LogP contribution in [-0.2, 0) is 0 Å². The lowest BCUT2D eigenvalue weighted by atomic mass is 10.1. The van der Waals surface area contributed by atoms with E-state index in [4.69, 9.17) is 27.9 Å². The summed E-state index contributed by atoms with van der Waals surface area (Å²) in [5.41, 5.74) is 0.520. The van der Waals surface area contributed by atoms with Crippen LogP contribution >= 0.6 is 39.1 Å². The van der Waals surface area contributed by atoms with E-state index in [1.165, 1.54) is 19.2 Å². The van der Waals surface area contributed by atoms with Crippen LogP contribution in [0.5, 0.6) is 5.75 Å². The van der Waals surface area contributed by atoms with Gasteiger partial charge in [-0.25, -0.2) is 0 Å². The van der Waals surface area contributed by atoms with E-state index in [1.807, 2.05) is 0 Å². The number of rotatable bonds is 4. The summed E-state index contributed by atoms with van der Waals surface area (Å²) in [5.74, 6) is 0.390. The summed E-state index contributed by atoms with van der Waals surface area (Å²) in [6.07, 6.45) is -5.18. The molecule has 18 heavy (non-hydrogen) atoms. The third-order valence-corrected chi connectivity index (χ3v) is 3.86. The molecule has 1 unspecified atom stereocenters. The molecule has 0 saturated heterocycles. The number of hydrogen-bond donors (Lipinski definition) is 0. The Kier molecular flexibility index (Phi) is 5.62. The molecule has 7 heteroatoms. The summed E-state index contributed by atoms with van der Waals surface area (Å²) in [6.45, 7) is 0. The zero-order valence-electron chi connectivity index (χ0n) is 9.32. The summed E-state index contributed by atoms with van der Waals surface area (Å²) in [5, 5.41) is 0.633. The average Bonchev–Trinajstić information content (AvgIpc) is 2.27. The van der Waals surface area contributed by atoms with Crippen LogP contribution in [0.4, 0.5) is 13.2 Å². The molecule has 0 heterocycles. The van der Waals surface area contributed by atoms with Crippen molar-refractivity contribution in [2.75, 3.05) is 7.11 Å². The molecule has 0 saturated carbocycles. The standard InChI is InChI=1S/C11H10BrCl2F3O/c1-18-10-5-8(13)6(4-9(10)14)7(12)2-3-11(15,16)17/h4-5,7H,2-3H2,1H3. The third-order valence-electron chi connectivity index (χ3n) is 2.29. The highest BCUT2D eigenvalue weighted by Crippen LogP contribution is 2.40. The summed E-state index contributed by atoms with van der Waals surface area (Å²) in [7, 11) is 1.44. The summed E-state index contributed by atoms with van der Waals surface area (Å²) < 4.78 is 41.4. The van der Waals surface area contributed by atoms with Crippen molar-refractivity contribution in [3.8, 4) is 5.75 Å². The second-order valence-corrected chi connectivity index (χ2v) is 5.55. The van der Waals surface area contributed by atoms with Crippen LogP contribution in [0, 0.1) is 0 Å². The largest absolute Gasteiger partial charge is 0.495 e. The molecule has 0 amide bonds. The zero-order chi connectivity index (χ0) is 13.9. The number of hydrogen-bond acceptors (Lipinski definition) is 1. The number of benzene rings is 1. The van der Waals surface area contributed by atoms with Gasteiger partial charge >= 0.3 is 6.18 Å². The lowest BCUT2D eigenvalue weighted by molar-refractivity contribution is -0.135. The van der Waals surface area contributed by atoms with Crippen LogP contribution in [0.2, 0.25) is 10.0 Å². The maximum Gasteiger partial charge on any atom is 0.389 e. The van der Waals surface area contributed by atoms with Gasteiger partial charge in [0, 0.05) is 22.3 Å². The molecule has 0 aromatic heterocycles. The molecule has 1 atom stereocenters. The van der Waals surface area contributed by atoms with Crippen molar-refractivity contribution in [1.29, 1.82) is 0 Å². The first-order valence-corrected chi connectivity index (χ1v) is 6.65. The first-order valence-electron chi connectivity index (χ1n) is 4.98. The molecule has 0 aliphatic rings. The van der Waals surface area contributed by atoms with E-state index in [2.05, 4.69) is 15.9 Å². The van der Waals surface area contributed by atoms with Crippen molar-refractivity contribution < 1.29 is 17.9 Å².